The lowest BCUT2D eigenvalue weighted by atomic mass is 10.1. The van der Waals surface area contributed by atoms with Crippen LogP contribution in [0.3, 0.4) is 0 Å². The number of hydrogen-bond acceptors (Lipinski definition) is 3. The predicted octanol–water partition coefficient (Wildman–Crippen LogP) is 4.10. The first-order valence-corrected chi connectivity index (χ1v) is 10.2. The molecule has 1 amide bonds. The van der Waals surface area contributed by atoms with Gasteiger partial charge in [-0.15, -0.1) is 0 Å². The summed E-state index contributed by atoms with van der Waals surface area (Å²) >= 11 is 0. The number of hydrogen-bond donors (Lipinski definition) is 0. The average Bonchev–Trinajstić information content (AvgIpc) is 2.70. The van der Waals surface area contributed by atoms with Gasteiger partial charge in [0.25, 0.3) is 5.91 Å². The summed E-state index contributed by atoms with van der Waals surface area (Å²) in [5.41, 5.74) is 0.0545. The highest BCUT2D eigenvalue weighted by molar-refractivity contribution is 5.94. The smallest absolute Gasteiger partial charge is 0.256 e. The second-order valence-corrected chi connectivity index (χ2v) is 8.01. The van der Waals surface area contributed by atoms with Crippen LogP contribution in [0.5, 0.6) is 0 Å². The van der Waals surface area contributed by atoms with Crippen LogP contribution in [-0.4, -0.2) is 54.6 Å². The summed E-state index contributed by atoms with van der Waals surface area (Å²) in [6.45, 7) is 6.18. The van der Waals surface area contributed by atoms with Crippen molar-refractivity contribution in [2.75, 3.05) is 32.8 Å². The Hall–Kier alpha value is -2.38. The second-order valence-electron chi connectivity index (χ2n) is 8.01. The van der Waals surface area contributed by atoms with Gasteiger partial charge in [-0.1, -0.05) is 32.0 Å². The molecule has 1 saturated heterocycles. The highest BCUT2D eigenvalue weighted by atomic mass is 19.1. The first-order chi connectivity index (χ1) is 14.3. The molecule has 0 spiro atoms. The number of nitrogens with zero attached hydrogens (tertiary/aromatic N) is 2. The molecule has 3 rings (SSSR count). The van der Waals surface area contributed by atoms with Crippen molar-refractivity contribution in [1.29, 1.82) is 0 Å². The lowest BCUT2D eigenvalue weighted by molar-refractivity contribution is -0.0443. The third kappa shape index (κ3) is 5.61. The van der Waals surface area contributed by atoms with Crippen LogP contribution in [0.2, 0.25) is 0 Å². The van der Waals surface area contributed by atoms with Crippen molar-refractivity contribution in [3.05, 3.63) is 71.0 Å². The maximum Gasteiger partial charge on any atom is 0.256 e. The van der Waals surface area contributed by atoms with Gasteiger partial charge in [0.05, 0.1) is 18.3 Å². The molecule has 2 aromatic carbocycles. The zero-order valence-corrected chi connectivity index (χ0v) is 17.3. The Morgan fingerprint density at radius 1 is 1.10 bits per heavy atom. The third-order valence-electron chi connectivity index (χ3n) is 5.07. The first kappa shape index (κ1) is 22.3. The van der Waals surface area contributed by atoms with E-state index in [1.54, 1.807) is 17.0 Å². The molecule has 0 bridgehead atoms. The molecule has 7 heteroatoms. The van der Waals surface area contributed by atoms with Crippen LogP contribution < -0.4 is 0 Å². The van der Waals surface area contributed by atoms with Crippen LogP contribution >= 0.6 is 0 Å². The molecule has 0 saturated carbocycles. The number of rotatable bonds is 7. The van der Waals surface area contributed by atoms with E-state index >= 15 is 0 Å². The molecule has 2 aromatic rings. The standard InChI is InChI=1S/C23H27F3N2O2/c1-16(2)12-28(23(29)18-6-3-4-7-20(18)24)14-17-13-27(10-11-30-17)15-19-21(25)8-5-9-22(19)26/h3-9,16-17H,10-15H2,1-2H3. The molecular weight excluding hydrogens is 393 g/mol. The molecule has 0 aromatic heterocycles. The van der Waals surface area contributed by atoms with E-state index in [0.717, 1.165) is 0 Å². The fourth-order valence-corrected chi connectivity index (χ4v) is 3.67. The van der Waals surface area contributed by atoms with Gasteiger partial charge in [0.15, 0.2) is 0 Å². The number of ether oxygens (including phenoxy) is 1. The topological polar surface area (TPSA) is 32.8 Å². The summed E-state index contributed by atoms with van der Waals surface area (Å²) in [4.78, 5) is 16.5. The van der Waals surface area contributed by atoms with Gasteiger partial charge in [-0.05, 0) is 30.2 Å². The van der Waals surface area contributed by atoms with Crippen LogP contribution in [0.1, 0.15) is 29.8 Å². The van der Waals surface area contributed by atoms with Crippen molar-refractivity contribution in [2.45, 2.75) is 26.5 Å². The largest absolute Gasteiger partial charge is 0.374 e. The van der Waals surface area contributed by atoms with Gasteiger partial charge in [0.2, 0.25) is 0 Å². The second kappa shape index (κ2) is 10.1. The summed E-state index contributed by atoms with van der Waals surface area (Å²) in [6.07, 6.45) is -0.331. The number of amides is 1. The van der Waals surface area contributed by atoms with Gasteiger partial charge in [-0.25, -0.2) is 13.2 Å². The number of carbonyl (C=O) groups is 1. The lowest BCUT2D eigenvalue weighted by Crippen LogP contribution is -2.49. The van der Waals surface area contributed by atoms with Crippen LogP contribution in [0, 0.1) is 23.4 Å². The molecule has 0 aliphatic carbocycles. The van der Waals surface area contributed by atoms with E-state index < -0.39 is 17.5 Å². The van der Waals surface area contributed by atoms with E-state index in [9.17, 15) is 18.0 Å². The molecule has 1 heterocycles. The summed E-state index contributed by atoms with van der Waals surface area (Å²) in [7, 11) is 0. The highest BCUT2D eigenvalue weighted by Gasteiger charge is 2.28. The molecule has 0 radical (unpaired) electrons. The highest BCUT2D eigenvalue weighted by Crippen LogP contribution is 2.18. The number of benzene rings is 2. The van der Waals surface area contributed by atoms with E-state index in [0.29, 0.717) is 26.2 Å². The monoisotopic (exact) mass is 420 g/mol. The van der Waals surface area contributed by atoms with E-state index in [2.05, 4.69) is 0 Å². The Bertz CT molecular complexity index is 855. The summed E-state index contributed by atoms with van der Waals surface area (Å²) in [6, 6.07) is 9.74. The zero-order chi connectivity index (χ0) is 21.7. The molecule has 162 valence electrons. The van der Waals surface area contributed by atoms with Crippen molar-refractivity contribution in [3.8, 4) is 0 Å². The Morgan fingerprint density at radius 3 is 2.43 bits per heavy atom. The first-order valence-electron chi connectivity index (χ1n) is 10.2. The maximum absolute atomic E-state index is 14.1. The maximum atomic E-state index is 14.1. The average molecular weight is 420 g/mol. The van der Waals surface area contributed by atoms with Crippen molar-refractivity contribution >= 4 is 5.91 Å². The Morgan fingerprint density at radius 2 is 1.77 bits per heavy atom. The van der Waals surface area contributed by atoms with Gasteiger partial charge in [-0.2, -0.15) is 0 Å². The molecule has 1 unspecified atom stereocenters. The molecular formula is C23H27F3N2O2. The fourth-order valence-electron chi connectivity index (χ4n) is 3.67. The van der Waals surface area contributed by atoms with Gasteiger partial charge in [-0.3, -0.25) is 9.69 Å². The Labute approximate surface area is 175 Å². The van der Waals surface area contributed by atoms with Gasteiger partial charge >= 0.3 is 0 Å². The molecule has 1 atom stereocenters. The molecule has 1 fully saturated rings. The van der Waals surface area contributed by atoms with Crippen LogP contribution in [0.25, 0.3) is 0 Å². The molecule has 4 nitrogen and oxygen atoms in total. The minimum Gasteiger partial charge on any atom is -0.374 e. The molecule has 30 heavy (non-hydrogen) atoms. The summed E-state index contributed by atoms with van der Waals surface area (Å²) < 4.78 is 48.0. The lowest BCUT2D eigenvalue weighted by Gasteiger charge is -2.36. The van der Waals surface area contributed by atoms with Crippen molar-refractivity contribution in [1.82, 2.24) is 9.80 Å². The third-order valence-corrected chi connectivity index (χ3v) is 5.07. The number of carbonyl (C=O) groups excluding carboxylic acids is 1. The van der Waals surface area contributed by atoms with E-state index in [1.165, 1.54) is 30.3 Å². The minimum atomic E-state index is -0.575. The van der Waals surface area contributed by atoms with Crippen LogP contribution in [0.4, 0.5) is 13.2 Å². The zero-order valence-electron chi connectivity index (χ0n) is 17.3. The summed E-state index contributed by atoms with van der Waals surface area (Å²) in [5.74, 6) is -1.91. The Balaban J connectivity index is 1.70. The van der Waals surface area contributed by atoms with E-state index in [-0.39, 0.29) is 42.1 Å². The van der Waals surface area contributed by atoms with Gasteiger partial charge < -0.3 is 9.64 Å². The van der Waals surface area contributed by atoms with Crippen molar-refractivity contribution in [2.24, 2.45) is 5.92 Å². The normalized spacial score (nSPS) is 17.3. The Kier molecular flexibility index (Phi) is 7.50. The quantitative estimate of drug-likeness (QED) is 0.676. The van der Waals surface area contributed by atoms with Gasteiger partial charge in [0.1, 0.15) is 17.5 Å². The van der Waals surface area contributed by atoms with Gasteiger partial charge in [0, 0.05) is 38.3 Å². The van der Waals surface area contributed by atoms with Crippen molar-refractivity contribution < 1.29 is 22.7 Å². The van der Waals surface area contributed by atoms with E-state index in [1.807, 2.05) is 18.7 Å². The SMILES string of the molecule is CC(C)CN(CC1CN(Cc2c(F)cccc2F)CCO1)C(=O)c1ccccc1F. The van der Waals surface area contributed by atoms with Crippen molar-refractivity contribution in [3.63, 3.8) is 0 Å². The molecule has 1 aliphatic heterocycles. The minimum absolute atomic E-state index is 0.0271. The summed E-state index contributed by atoms with van der Waals surface area (Å²) in [5, 5.41) is 0. The molecule has 1 aliphatic rings. The predicted molar refractivity (Wildman–Crippen MR) is 109 cm³/mol. The van der Waals surface area contributed by atoms with Crippen LogP contribution in [0.15, 0.2) is 42.5 Å². The number of halogens is 3. The van der Waals surface area contributed by atoms with E-state index in [4.69, 9.17) is 4.74 Å². The van der Waals surface area contributed by atoms with Crippen LogP contribution in [-0.2, 0) is 11.3 Å². The fraction of sp³-hybridized carbons (Fsp3) is 0.435. The number of morpholine rings is 1. The molecule has 0 N–H and O–H groups in total.